The maximum absolute atomic E-state index is 5.11. The predicted molar refractivity (Wildman–Crippen MR) is 39.4 cm³/mol. The van der Waals surface area contributed by atoms with E-state index >= 15 is 0 Å². The normalized spacial score (nSPS) is 14.6. The lowest BCUT2D eigenvalue weighted by molar-refractivity contribution is 0.0852. The third kappa shape index (κ3) is 2.68. The Morgan fingerprint density at radius 2 is 2.00 bits per heavy atom. The molecule has 0 spiro atoms. The first kappa shape index (κ1) is 8.44. The molecule has 1 atom stereocenters. The lowest BCUT2D eigenvalue weighted by atomic mass is 10.1. The van der Waals surface area contributed by atoms with Crippen LogP contribution >= 0.6 is 15.9 Å². The minimum atomic E-state index is 0.370. The molecule has 0 saturated carbocycles. The Bertz CT molecular complexity index is 50.5. The number of hydrogen-bond donors (Lipinski definition) is 0. The van der Waals surface area contributed by atoms with Crippen molar-refractivity contribution in [1.82, 2.24) is 0 Å². The monoisotopic (exact) mass is 180 g/mol. The largest absolute Gasteiger partial charge is 0.380 e. The van der Waals surface area contributed by atoms with Crippen molar-refractivity contribution >= 4 is 15.9 Å². The van der Waals surface area contributed by atoms with E-state index in [1.54, 1.807) is 7.11 Å². The number of halogens is 1. The molecule has 0 heterocycles. The summed E-state index contributed by atoms with van der Waals surface area (Å²) in [6.07, 6.45) is 0.370. The summed E-state index contributed by atoms with van der Waals surface area (Å²) >= 11 is 3.35. The fraction of sp³-hybridized carbons (Fsp3) is 1.00. The van der Waals surface area contributed by atoms with Crippen molar-refractivity contribution < 1.29 is 4.74 Å². The first-order chi connectivity index (χ1) is 3.72. The van der Waals surface area contributed by atoms with Crippen LogP contribution in [0.15, 0.2) is 0 Å². The molecule has 8 heavy (non-hydrogen) atoms. The lowest BCUT2D eigenvalue weighted by Gasteiger charge is -2.14. The van der Waals surface area contributed by atoms with Gasteiger partial charge in [0.1, 0.15) is 0 Å². The van der Waals surface area contributed by atoms with E-state index in [2.05, 4.69) is 29.8 Å². The summed E-state index contributed by atoms with van der Waals surface area (Å²) in [6, 6.07) is 0. The summed E-state index contributed by atoms with van der Waals surface area (Å²) in [5.41, 5.74) is 0. The quantitative estimate of drug-likeness (QED) is 0.605. The molecule has 0 aliphatic rings. The topological polar surface area (TPSA) is 9.23 Å². The molecule has 1 nitrogen and oxygen atoms in total. The first-order valence-corrected chi connectivity index (χ1v) is 3.93. The van der Waals surface area contributed by atoms with Gasteiger partial charge in [0.15, 0.2) is 0 Å². The predicted octanol–water partition coefficient (Wildman–Crippen LogP) is 2.05. The van der Waals surface area contributed by atoms with Crippen molar-refractivity contribution in [3.8, 4) is 0 Å². The highest BCUT2D eigenvalue weighted by atomic mass is 79.9. The molecule has 0 fully saturated rings. The number of methoxy groups -OCH3 is 1. The van der Waals surface area contributed by atoms with Crippen LogP contribution in [0, 0.1) is 5.92 Å². The number of ether oxygens (including phenoxy) is 1. The molecule has 0 aromatic rings. The van der Waals surface area contributed by atoms with Gasteiger partial charge in [-0.1, -0.05) is 29.8 Å². The van der Waals surface area contributed by atoms with Gasteiger partial charge >= 0.3 is 0 Å². The standard InChI is InChI=1S/C6H13BrO/c1-5(2)6(4-7)8-3/h5-6H,4H2,1-3H3/t6-/m0/s1. The van der Waals surface area contributed by atoms with Crippen molar-refractivity contribution in [3.63, 3.8) is 0 Å². The van der Waals surface area contributed by atoms with Gasteiger partial charge in [0.25, 0.3) is 0 Å². The molecule has 0 N–H and O–H groups in total. The van der Waals surface area contributed by atoms with Gasteiger partial charge in [-0.3, -0.25) is 0 Å². The van der Waals surface area contributed by atoms with E-state index in [1.165, 1.54) is 0 Å². The van der Waals surface area contributed by atoms with Gasteiger partial charge in [0.2, 0.25) is 0 Å². The minimum Gasteiger partial charge on any atom is -0.380 e. The van der Waals surface area contributed by atoms with Gasteiger partial charge in [-0.25, -0.2) is 0 Å². The van der Waals surface area contributed by atoms with Gasteiger partial charge in [0.05, 0.1) is 6.10 Å². The zero-order valence-electron chi connectivity index (χ0n) is 5.65. The summed E-state index contributed by atoms with van der Waals surface area (Å²) in [5.74, 6) is 0.611. The Morgan fingerprint density at radius 1 is 1.50 bits per heavy atom. The molecule has 0 aliphatic heterocycles. The maximum Gasteiger partial charge on any atom is 0.0690 e. The van der Waals surface area contributed by atoms with Crippen LogP contribution in [0.25, 0.3) is 0 Å². The van der Waals surface area contributed by atoms with E-state index in [4.69, 9.17) is 4.74 Å². The molecule has 0 saturated heterocycles. The molecule has 0 aromatic carbocycles. The molecule has 0 unspecified atom stereocenters. The molecule has 0 amide bonds. The highest BCUT2D eigenvalue weighted by molar-refractivity contribution is 9.09. The summed E-state index contributed by atoms with van der Waals surface area (Å²) in [6.45, 7) is 4.30. The van der Waals surface area contributed by atoms with Crippen LogP contribution in [0.4, 0.5) is 0 Å². The van der Waals surface area contributed by atoms with Gasteiger partial charge in [-0.15, -0.1) is 0 Å². The van der Waals surface area contributed by atoms with E-state index in [0.717, 1.165) is 5.33 Å². The fourth-order valence-electron chi connectivity index (χ4n) is 0.513. The summed E-state index contributed by atoms with van der Waals surface area (Å²) in [7, 11) is 1.74. The summed E-state index contributed by atoms with van der Waals surface area (Å²) < 4.78 is 5.11. The minimum absolute atomic E-state index is 0.370. The zero-order valence-corrected chi connectivity index (χ0v) is 7.23. The Labute approximate surface area is 59.5 Å². The van der Waals surface area contributed by atoms with Crippen LogP contribution in [0.3, 0.4) is 0 Å². The average Bonchev–Trinajstić information content (AvgIpc) is 1.69. The molecular weight excluding hydrogens is 168 g/mol. The summed E-state index contributed by atoms with van der Waals surface area (Å²) in [4.78, 5) is 0. The maximum atomic E-state index is 5.11. The van der Waals surface area contributed by atoms with Crippen LogP contribution in [-0.2, 0) is 4.74 Å². The van der Waals surface area contributed by atoms with Crippen LogP contribution in [-0.4, -0.2) is 18.5 Å². The number of hydrogen-bond acceptors (Lipinski definition) is 1. The van der Waals surface area contributed by atoms with Crippen LogP contribution in [0.1, 0.15) is 13.8 Å². The van der Waals surface area contributed by atoms with Crippen molar-refractivity contribution in [2.75, 3.05) is 12.4 Å². The third-order valence-electron chi connectivity index (χ3n) is 1.20. The summed E-state index contributed by atoms with van der Waals surface area (Å²) in [5, 5.41) is 0.932. The highest BCUT2D eigenvalue weighted by Gasteiger charge is 2.08. The van der Waals surface area contributed by atoms with E-state index in [0.29, 0.717) is 12.0 Å². The van der Waals surface area contributed by atoms with E-state index in [1.807, 2.05) is 0 Å². The zero-order chi connectivity index (χ0) is 6.57. The van der Waals surface area contributed by atoms with Crippen molar-refractivity contribution in [2.24, 2.45) is 5.92 Å². The Balaban J connectivity index is 3.35. The number of rotatable bonds is 3. The smallest absolute Gasteiger partial charge is 0.0690 e. The Kier molecular flexibility index (Phi) is 4.57. The second-order valence-electron chi connectivity index (χ2n) is 2.17. The van der Waals surface area contributed by atoms with Crippen molar-refractivity contribution in [2.45, 2.75) is 20.0 Å². The molecule has 0 bridgehead atoms. The lowest BCUT2D eigenvalue weighted by Crippen LogP contribution is -2.18. The molecule has 2 heteroatoms. The molecular formula is C6H13BrO. The fourth-order valence-corrected chi connectivity index (χ4v) is 1.53. The van der Waals surface area contributed by atoms with Crippen molar-refractivity contribution in [1.29, 1.82) is 0 Å². The Hall–Kier alpha value is 0.440. The van der Waals surface area contributed by atoms with E-state index < -0.39 is 0 Å². The van der Waals surface area contributed by atoms with E-state index in [-0.39, 0.29) is 0 Å². The molecule has 0 aromatic heterocycles. The van der Waals surface area contributed by atoms with Crippen LogP contribution in [0.5, 0.6) is 0 Å². The molecule has 0 aliphatic carbocycles. The van der Waals surface area contributed by atoms with Gasteiger partial charge in [-0.05, 0) is 5.92 Å². The van der Waals surface area contributed by atoms with Gasteiger partial charge in [-0.2, -0.15) is 0 Å². The second kappa shape index (κ2) is 4.33. The average molecular weight is 181 g/mol. The van der Waals surface area contributed by atoms with Crippen LogP contribution in [0.2, 0.25) is 0 Å². The third-order valence-corrected chi connectivity index (χ3v) is 1.84. The van der Waals surface area contributed by atoms with Crippen molar-refractivity contribution in [3.05, 3.63) is 0 Å². The van der Waals surface area contributed by atoms with Crippen LogP contribution < -0.4 is 0 Å². The first-order valence-electron chi connectivity index (χ1n) is 2.81. The molecule has 0 rings (SSSR count). The Morgan fingerprint density at radius 3 is 2.00 bits per heavy atom. The van der Waals surface area contributed by atoms with Gasteiger partial charge < -0.3 is 4.74 Å². The molecule has 50 valence electrons. The highest BCUT2D eigenvalue weighted by Crippen LogP contribution is 2.07. The SMILES string of the molecule is CO[C@@H](CBr)C(C)C. The van der Waals surface area contributed by atoms with E-state index in [9.17, 15) is 0 Å². The van der Waals surface area contributed by atoms with Gasteiger partial charge in [0, 0.05) is 12.4 Å². The molecule has 0 radical (unpaired) electrons. The number of alkyl halides is 1. The second-order valence-corrected chi connectivity index (χ2v) is 2.82.